The number of aliphatic carboxylic acids is 1. The van der Waals surface area contributed by atoms with Gasteiger partial charge in [-0.05, 0) is 6.42 Å². The summed E-state index contributed by atoms with van der Waals surface area (Å²) in [6.45, 7) is 2.24. The van der Waals surface area contributed by atoms with E-state index in [9.17, 15) is 13.2 Å². The van der Waals surface area contributed by atoms with Crippen LogP contribution in [0.15, 0.2) is 0 Å². The number of rotatable bonds is 17. The fourth-order valence-electron chi connectivity index (χ4n) is 2.92. The first kappa shape index (κ1) is 23.4. The predicted molar refractivity (Wildman–Crippen MR) is 97.9 cm³/mol. The van der Waals surface area contributed by atoms with Crippen LogP contribution in [-0.4, -0.2) is 29.3 Å². The van der Waals surface area contributed by atoms with Gasteiger partial charge in [-0.1, -0.05) is 96.8 Å². The molecule has 0 aromatic rings. The first-order valence-electron chi connectivity index (χ1n) is 9.58. The Bertz CT molecular complexity index is 406. The average molecular weight is 365 g/mol. The highest BCUT2D eigenvalue weighted by atomic mass is 32.2. The molecule has 0 aliphatic carbocycles. The van der Waals surface area contributed by atoms with Crippen LogP contribution in [-0.2, 0) is 14.9 Å². The van der Waals surface area contributed by atoms with Crippen LogP contribution in [0.5, 0.6) is 0 Å². The Morgan fingerprint density at radius 3 is 1.38 bits per heavy atom. The van der Waals surface area contributed by atoms with Gasteiger partial charge in [0.2, 0.25) is 0 Å². The zero-order valence-electron chi connectivity index (χ0n) is 15.2. The fraction of sp³-hybridized carbons (Fsp3) is 0.944. The van der Waals surface area contributed by atoms with Crippen molar-refractivity contribution in [2.24, 2.45) is 0 Å². The predicted octanol–water partition coefficient (Wildman–Crippen LogP) is 5.20. The highest BCUT2D eigenvalue weighted by Crippen LogP contribution is 2.15. The first-order valence-corrected chi connectivity index (χ1v) is 11.1. The van der Waals surface area contributed by atoms with Crippen molar-refractivity contribution in [3.63, 3.8) is 0 Å². The van der Waals surface area contributed by atoms with Crippen molar-refractivity contribution in [2.45, 2.75) is 108 Å². The van der Waals surface area contributed by atoms with Crippen LogP contribution in [0.4, 0.5) is 0 Å². The molecule has 0 saturated heterocycles. The Labute approximate surface area is 148 Å². The van der Waals surface area contributed by atoms with Gasteiger partial charge in [0.15, 0.2) is 5.25 Å². The zero-order chi connectivity index (χ0) is 18.3. The van der Waals surface area contributed by atoms with Crippen molar-refractivity contribution in [3.8, 4) is 0 Å². The SMILES string of the molecule is CCCCCCCCCCCCCCCCC(C(=O)O)S(=O)(=O)O. The second-order valence-corrected chi connectivity index (χ2v) is 8.33. The molecule has 1 atom stereocenters. The van der Waals surface area contributed by atoms with Gasteiger partial charge < -0.3 is 5.11 Å². The Morgan fingerprint density at radius 1 is 0.750 bits per heavy atom. The Balaban J connectivity index is 3.38. The summed E-state index contributed by atoms with van der Waals surface area (Å²) in [5, 5.41) is 7.10. The van der Waals surface area contributed by atoms with Crippen molar-refractivity contribution in [1.82, 2.24) is 0 Å². The summed E-state index contributed by atoms with van der Waals surface area (Å²) < 4.78 is 30.7. The summed E-state index contributed by atoms with van der Waals surface area (Å²) >= 11 is 0. The lowest BCUT2D eigenvalue weighted by atomic mass is 10.0. The molecule has 0 amide bonds. The van der Waals surface area contributed by atoms with Crippen LogP contribution in [0.25, 0.3) is 0 Å². The molecule has 0 aliphatic rings. The lowest BCUT2D eigenvalue weighted by Crippen LogP contribution is -2.29. The summed E-state index contributed by atoms with van der Waals surface area (Å²) in [6.07, 6.45) is 16.6. The number of carboxylic acids is 1. The van der Waals surface area contributed by atoms with E-state index >= 15 is 0 Å². The van der Waals surface area contributed by atoms with E-state index in [0.29, 0.717) is 6.42 Å². The van der Waals surface area contributed by atoms with E-state index in [0.717, 1.165) is 19.3 Å². The molecule has 5 nitrogen and oxygen atoms in total. The monoisotopic (exact) mass is 364 g/mol. The third kappa shape index (κ3) is 13.8. The molecule has 24 heavy (non-hydrogen) atoms. The van der Waals surface area contributed by atoms with E-state index in [1.54, 1.807) is 0 Å². The van der Waals surface area contributed by atoms with Crippen LogP contribution >= 0.6 is 0 Å². The average Bonchev–Trinajstić information content (AvgIpc) is 2.49. The summed E-state index contributed by atoms with van der Waals surface area (Å²) in [6, 6.07) is 0. The molecule has 0 aliphatic heterocycles. The molecule has 0 fully saturated rings. The smallest absolute Gasteiger partial charge is 0.324 e. The molecular weight excluding hydrogens is 328 g/mol. The molecule has 1 unspecified atom stereocenters. The van der Waals surface area contributed by atoms with Gasteiger partial charge in [0.1, 0.15) is 0 Å². The molecule has 0 aromatic carbocycles. The standard InChI is InChI=1S/C18H36O5S/c1-2-3-4-5-6-7-8-9-10-11-12-13-14-15-16-17(18(19)20)24(21,22)23/h17H,2-16H2,1H3,(H,19,20)(H,21,22,23). The van der Waals surface area contributed by atoms with Gasteiger partial charge in [-0.15, -0.1) is 0 Å². The Hall–Kier alpha value is -0.620. The maximum Gasteiger partial charge on any atom is 0.324 e. The summed E-state index contributed by atoms with van der Waals surface area (Å²) in [5.41, 5.74) is 0. The summed E-state index contributed by atoms with van der Waals surface area (Å²) in [4.78, 5) is 10.8. The molecule has 2 N–H and O–H groups in total. The lowest BCUT2D eigenvalue weighted by Gasteiger charge is -2.08. The Morgan fingerprint density at radius 2 is 1.08 bits per heavy atom. The van der Waals surface area contributed by atoms with Crippen LogP contribution in [0.2, 0.25) is 0 Å². The fourth-order valence-corrected chi connectivity index (χ4v) is 3.64. The number of unbranched alkanes of at least 4 members (excludes halogenated alkanes) is 13. The van der Waals surface area contributed by atoms with E-state index < -0.39 is 21.3 Å². The maximum atomic E-state index is 10.9. The number of carboxylic acid groups (broad SMARTS) is 1. The quantitative estimate of drug-likeness (QED) is 0.273. The van der Waals surface area contributed by atoms with Gasteiger partial charge >= 0.3 is 5.97 Å². The minimum atomic E-state index is -4.48. The summed E-state index contributed by atoms with van der Waals surface area (Å²) in [7, 11) is -4.48. The van der Waals surface area contributed by atoms with Crippen LogP contribution < -0.4 is 0 Å². The number of hydrogen-bond acceptors (Lipinski definition) is 3. The topological polar surface area (TPSA) is 91.7 Å². The van der Waals surface area contributed by atoms with Crippen molar-refractivity contribution in [1.29, 1.82) is 0 Å². The van der Waals surface area contributed by atoms with E-state index in [1.807, 2.05) is 0 Å². The number of hydrogen-bond donors (Lipinski definition) is 2. The van der Waals surface area contributed by atoms with E-state index in [-0.39, 0.29) is 6.42 Å². The highest BCUT2D eigenvalue weighted by molar-refractivity contribution is 7.87. The zero-order valence-corrected chi connectivity index (χ0v) is 16.0. The molecule has 0 heterocycles. The summed E-state index contributed by atoms with van der Waals surface area (Å²) in [5.74, 6) is -1.47. The molecular formula is C18H36O5S. The maximum absolute atomic E-state index is 10.9. The molecule has 0 radical (unpaired) electrons. The van der Waals surface area contributed by atoms with Crippen LogP contribution in [0, 0.1) is 0 Å². The minimum absolute atomic E-state index is 0.00774. The van der Waals surface area contributed by atoms with E-state index in [2.05, 4.69) is 6.92 Å². The van der Waals surface area contributed by atoms with Gasteiger partial charge in [-0.25, -0.2) is 0 Å². The van der Waals surface area contributed by atoms with Crippen molar-refractivity contribution in [3.05, 3.63) is 0 Å². The molecule has 0 saturated carbocycles. The molecule has 6 heteroatoms. The van der Waals surface area contributed by atoms with Crippen molar-refractivity contribution < 1.29 is 22.9 Å². The molecule has 144 valence electrons. The van der Waals surface area contributed by atoms with Gasteiger partial charge in [0.05, 0.1) is 0 Å². The van der Waals surface area contributed by atoms with Gasteiger partial charge in [0.25, 0.3) is 10.1 Å². The van der Waals surface area contributed by atoms with E-state index in [1.165, 1.54) is 64.2 Å². The third-order valence-corrected chi connectivity index (χ3v) is 5.61. The minimum Gasteiger partial charge on any atom is -0.480 e. The van der Waals surface area contributed by atoms with Crippen LogP contribution in [0.1, 0.15) is 103 Å². The van der Waals surface area contributed by atoms with Gasteiger partial charge in [-0.2, -0.15) is 8.42 Å². The largest absolute Gasteiger partial charge is 0.480 e. The normalized spacial score (nSPS) is 13.1. The van der Waals surface area contributed by atoms with E-state index in [4.69, 9.17) is 9.66 Å². The second kappa shape index (κ2) is 14.7. The molecule has 0 bridgehead atoms. The Kier molecular flexibility index (Phi) is 14.3. The first-order chi connectivity index (χ1) is 11.4. The third-order valence-electron chi connectivity index (χ3n) is 4.45. The highest BCUT2D eigenvalue weighted by Gasteiger charge is 2.29. The molecule has 0 aromatic heterocycles. The van der Waals surface area contributed by atoms with Gasteiger partial charge in [0, 0.05) is 0 Å². The molecule has 0 rings (SSSR count). The van der Waals surface area contributed by atoms with Crippen molar-refractivity contribution >= 4 is 16.1 Å². The lowest BCUT2D eigenvalue weighted by molar-refractivity contribution is -0.136. The van der Waals surface area contributed by atoms with Gasteiger partial charge in [-0.3, -0.25) is 9.35 Å². The second-order valence-electron chi connectivity index (χ2n) is 6.73. The van der Waals surface area contributed by atoms with Crippen LogP contribution in [0.3, 0.4) is 0 Å². The number of carbonyl (C=O) groups is 1. The van der Waals surface area contributed by atoms with Crippen molar-refractivity contribution in [2.75, 3.05) is 0 Å². The molecule has 0 spiro atoms.